The van der Waals surface area contributed by atoms with E-state index in [-0.39, 0.29) is 18.7 Å². The van der Waals surface area contributed by atoms with Crippen molar-refractivity contribution >= 4 is 29.2 Å². The number of benzene rings is 1. The molecule has 1 aromatic carbocycles. The van der Waals surface area contributed by atoms with Crippen molar-refractivity contribution in [3.63, 3.8) is 0 Å². The van der Waals surface area contributed by atoms with Crippen LogP contribution in [-0.4, -0.2) is 28.9 Å². The Kier molecular flexibility index (Phi) is 5.86. The van der Waals surface area contributed by atoms with Gasteiger partial charge in [0.15, 0.2) is 0 Å². The van der Waals surface area contributed by atoms with Gasteiger partial charge >= 0.3 is 5.97 Å². The number of nitrogens with one attached hydrogen (secondary N) is 2. The third-order valence-electron chi connectivity index (χ3n) is 2.81. The van der Waals surface area contributed by atoms with E-state index in [4.69, 9.17) is 10.8 Å². The molecule has 7 nitrogen and oxygen atoms in total. The molecule has 0 aliphatic rings. The molecule has 0 fully saturated rings. The van der Waals surface area contributed by atoms with Crippen molar-refractivity contribution in [1.82, 2.24) is 0 Å². The number of carbonyl (C=O) groups excluding carboxylic acids is 2. The second-order valence-electron chi connectivity index (χ2n) is 4.74. The van der Waals surface area contributed by atoms with E-state index in [1.54, 1.807) is 25.1 Å². The number of anilines is 2. The number of hydrogen-bond acceptors (Lipinski definition) is 4. The van der Waals surface area contributed by atoms with Crippen LogP contribution in [0.15, 0.2) is 18.2 Å². The first-order chi connectivity index (χ1) is 9.79. The van der Waals surface area contributed by atoms with Crippen LogP contribution in [0, 0.1) is 6.92 Å². The summed E-state index contributed by atoms with van der Waals surface area (Å²) in [6, 6.07) is 4.14. The predicted molar refractivity (Wildman–Crippen MR) is 79.0 cm³/mol. The van der Waals surface area contributed by atoms with Crippen LogP contribution in [0.4, 0.5) is 11.4 Å². The summed E-state index contributed by atoms with van der Waals surface area (Å²) in [7, 11) is 0. The predicted octanol–water partition coefficient (Wildman–Crippen LogP) is 1.08. The van der Waals surface area contributed by atoms with Gasteiger partial charge in [-0.2, -0.15) is 0 Å². The highest BCUT2D eigenvalue weighted by Gasteiger charge is 2.15. The smallest absolute Gasteiger partial charge is 0.303 e. The Morgan fingerprint density at radius 1 is 1.29 bits per heavy atom. The highest BCUT2D eigenvalue weighted by atomic mass is 16.4. The quantitative estimate of drug-likeness (QED) is 0.625. The van der Waals surface area contributed by atoms with Gasteiger partial charge in [0.1, 0.15) is 0 Å². The van der Waals surface area contributed by atoms with Gasteiger partial charge in [-0.15, -0.1) is 0 Å². The fourth-order valence-electron chi connectivity index (χ4n) is 1.72. The molecule has 0 saturated heterocycles. The molecular weight excluding hydrogens is 274 g/mol. The number of rotatable bonds is 6. The van der Waals surface area contributed by atoms with Gasteiger partial charge in [-0.05, 0) is 37.1 Å². The molecule has 7 heteroatoms. The van der Waals surface area contributed by atoms with Crippen LogP contribution < -0.4 is 16.4 Å². The van der Waals surface area contributed by atoms with Gasteiger partial charge in [-0.1, -0.05) is 0 Å². The summed E-state index contributed by atoms with van der Waals surface area (Å²) in [4.78, 5) is 33.2. The van der Waals surface area contributed by atoms with E-state index >= 15 is 0 Å². The Morgan fingerprint density at radius 3 is 2.48 bits per heavy atom. The lowest BCUT2D eigenvalue weighted by Crippen LogP contribution is -2.36. The van der Waals surface area contributed by atoms with E-state index in [1.807, 2.05) is 0 Å². The number of aliphatic carboxylic acids is 1. The number of aryl methyl sites for hydroxylation is 1. The maximum absolute atomic E-state index is 11.8. The second-order valence-corrected chi connectivity index (χ2v) is 4.74. The zero-order valence-electron chi connectivity index (χ0n) is 12.0. The Balaban J connectivity index is 2.66. The highest BCUT2D eigenvalue weighted by molar-refractivity contribution is 5.95. The standard InChI is InChI=1S/C14H19N3O4/c1-8-7-10(3-5-12(8)16-9(2)18)17-14(21)11(15)4-6-13(19)20/h3,5,7,11H,4,6,15H2,1-2H3,(H,16,18)(H,17,21)(H,19,20). The molecule has 1 atom stereocenters. The van der Waals surface area contributed by atoms with Crippen molar-refractivity contribution in [3.8, 4) is 0 Å². The first kappa shape index (κ1) is 16.6. The molecule has 0 aromatic heterocycles. The average molecular weight is 293 g/mol. The van der Waals surface area contributed by atoms with Gasteiger partial charge in [0.05, 0.1) is 6.04 Å². The molecule has 0 heterocycles. The molecule has 0 radical (unpaired) electrons. The normalized spacial score (nSPS) is 11.6. The maximum atomic E-state index is 11.8. The van der Waals surface area contributed by atoms with Gasteiger partial charge in [-0.25, -0.2) is 0 Å². The van der Waals surface area contributed by atoms with Crippen molar-refractivity contribution in [1.29, 1.82) is 0 Å². The SMILES string of the molecule is CC(=O)Nc1ccc(NC(=O)C(N)CCC(=O)O)cc1C. The largest absolute Gasteiger partial charge is 0.481 e. The van der Waals surface area contributed by atoms with Crippen molar-refractivity contribution < 1.29 is 19.5 Å². The maximum Gasteiger partial charge on any atom is 0.303 e. The monoisotopic (exact) mass is 293 g/mol. The Morgan fingerprint density at radius 2 is 1.95 bits per heavy atom. The minimum atomic E-state index is -0.992. The van der Waals surface area contributed by atoms with Crippen molar-refractivity contribution in [3.05, 3.63) is 23.8 Å². The summed E-state index contributed by atoms with van der Waals surface area (Å²) in [5.74, 6) is -1.61. The first-order valence-electron chi connectivity index (χ1n) is 6.46. The summed E-state index contributed by atoms with van der Waals surface area (Å²) >= 11 is 0. The number of carbonyl (C=O) groups is 3. The second kappa shape index (κ2) is 7.39. The number of amides is 2. The molecular formula is C14H19N3O4. The van der Waals surface area contributed by atoms with E-state index in [0.717, 1.165) is 5.56 Å². The van der Waals surface area contributed by atoms with Gasteiger partial charge in [0.2, 0.25) is 11.8 Å². The Labute approximate surface area is 122 Å². The Bertz CT molecular complexity index is 557. The molecule has 2 amide bonds. The first-order valence-corrected chi connectivity index (χ1v) is 6.46. The fourth-order valence-corrected chi connectivity index (χ4v) is 1.72. The molecule has 1 aromatic rings. The lowest BCUT2D eigenvalue weighted by Gasteiger charge is -2.13. The van der Waals surface area contributed by atoms with Crippen LogP contribution in [-0.2, 0) is 14.4 Å². The van der Waals surface area contributed by atoms with E-state index in [0.29, 0.717) is 11.4 Å². The molecule has 1 rings (SSSR count). The topological polar surface area (TPSA) is 122 Å². The van der Waals surface area contributed by atoms with Crippen molar-refractivity contribution in [2.45, 2.75) is 32.7 Å². The van der Waals surface area contributed by atoms with E-state index in [1.165, 1.54) is 6.92 Å². The summed E-state index contributed by atoms with van der Waals surface area (Å²) in [5, 5.41) is 13.8. The summed E-state index contributed by atoms with van der Waals surface area (Å²) in [6.45, 7) is 3.21. The molecule has 0 aliphatic heterocycles. The fraction of sp³-hybridized carbons (Fsp3) is 0.357. The zero-order valence-corrected chi connectivity index (χ0v) is 12.0. The van der Waals surface area contributed by atoms with E-state index in [9.17, 15) is 14.4 Å². The lowest BCUT2D eigenvalue weighted by atomic mass is 10.1. The number of nitrogens with two attached hydrogens (primary N) is 1. The molecule has 0 bridgehead atoms. The number of carboxylic acids is 1. The third kappa shape index (κ3) is 5.62. The molecule has 114 valence electrons. The molecule has 0 aliphatic carbocycles. The van der Waals surface area contributed by atoms with Gasteiger partial charge in [0.25, 0.3) is 0 Å². The van der Waals surface area contributed by atoms with Crippen LogP contribution in [0.25, 0.3) is 0 Å². The van der Waals surface area contributed by atoms with Gasteiger partial charge < -0.3 is 21.5 Å². The molecule has 0 spiro atoms. The third-order valence-corrected chi connectivity index (χ3v) is 2.81. The van der Waals surface area contributed by atoms with Crippen molar-refractivity contribution in [2.75, 3.05) is 10.6 Å². The summed E-state index contributed by atoms with van der Waals surface area (Å²) in [6.07, 6.45) is -0.0841. The Hall–Kier alpha value is -2.41. The summed E-state index contributed by atoms with van der Waals surface area (Å²) in [5.41, 5.74) is 7.61. The molecule has 1 unspecified atom stereocenters. The van der Waals surface area contributed by atoms with E-state index in [2.05, 4.69) is 10.6 Å². The van der Waals surface area contributed by atoms with Crippen LogP contribution in [0.2, 0.25) is 0 Å². The summed E-state index contributed by atoms with van der Waals surface area (Å²) < 4.78 is 0. The van der Waals surface area contributed by atoms with Gasteiger partial charge in [0, 0.05) is 24.7 Å². The minimum Gasteiger partial charge on any atom is -0.481 e. The minimum absolute atomic E-state index is 0.0735. The zero-order chi connectivity index (χ0) is 16.0. The van der Waals surface area contributed by atoms with E-state index < -0.39 is 17.9 Å². The number of hydrogen-bond donors (Lipinski definition) is 4. The molecule has 5 N–H and O–H groups in total. The number of carboxylic acid groups (broad SMARTS) is 1. The van der Waals surface area contributed by atoms with Crippen LogP contribution >= 0.6 is 0 Å². The highest BCUT2D eigenvalue weighted by Crippen LogP contribution is 2.19. The molecule has 0 saturated carbocycles. The molecule has 21 heavy (non-hydrogen) atoms. The van der Waals surface area contributed by atoms with Crippen LogP contribution in [0.1, 0.15) is 25.3 Å². The van der Waals surface area contributed by atoms with Crippen LogP contribution in [0.3, 0.4) is 0 Å². The van der Waals surface area contributed by atoms with Gasteiger partial charge in [-0.3, -0.25) is 14.4 Å². The average Bonchev–Trinajstić information content (AvgIpc) is 2.38. The van der Waals surface area contributed by atoms with Crippen molar-refractivity contribution in [2.24, 2.45) is 5.73 Å². The lowest BCUT2D eigenvalue weighted by molar-refractivity contribution is -0.137. The van der Waals surface area contributed by atoms with Crippen LogP contribution in [0.5, 0.6) is 0 Å².